The van der Waals surface area contributed by atoms with Crippen molar-refractivity contribution < 1.29 is 4.79 Å². The Morgan fingerprint density at radius 2 is 1.95 bits per heavy atom. The highest BCUT2D eigenvalue weighted by molar-refractivity contribution is 5.75. The third kappa shape index (κ3) is 4.41. The van der Waals surface area contributed by atoms with Crippen LogP contribution in [-0.2, 0) is 17.9 Å². The molecule has 1 N–H and O–H groups in total. The Hall–Kier alpha value is -2.17. The zero-order chi connectivity index (χ0) is 15.2. The van der Waals surface area contributed by atoms with E-state index in [0.717, 1.165) is 13.0 Å². The summed E-state index contributed by atoms with van der Waals surface area (Å²) in [4.78, 5) is 15.8. The number of carbonyl (C=O) groups is 1. The maximum atomic E-state index is 11.9. The maximum absolute atomic E-state index is 11.9. The molecule has 112 valence electrons. The van der Waals surface area contributed by atoms with E-state index in [1.165, 1.54) is 28.6 Å². The van der Waals surface area contributed by atoms with Crippen molar-refractivity contribution in [3.8, 4) is 0 Å². The minimum Gasteiger partial charge on any atom is -0.352 e. The molecule has 0 radical (unpaired) electrons. The van der Waals surface area contributed by atoms with Crippen molar-refractivity contribution in [1.82, 2.24) is 20.1 Å². The van der Waals surface area contributed by atoms with Gasteiger partial charge in [0.1, 0.15) is 12.7 Å². The first kappa shape index (κ1) is 15.2. The third-order valence-corrected chi connectivity index (χ3v) is 3.56. The second-order valence-electron chi connectivity index (χ2n) is 5.42. The number of aryl methyl sites for hydroxylation is 4. The Kier molecular flexibility index (Phi) is 5.09. The molecule has 2 aromatic rings. The van der Waals surface area contributed by atoms with Gasteiger partial charge in [-0.2, -0.15) is 5.10 Å². The molecule has 1 aromatic carbocycles. The Morgan fingerprint density at radius 1 is 1.24 bits per heavy atom. The SMILES string of the molecule is Cc1cc(C)c(CNC(=O)CCCn2cncn2)c(C)c1. The van der Waals surface area contributed by atoms with Gasteiger partial charge in [0, 0.05) is 19.5 Å². The molecule has 0 spiro atoms. The molecular formula is C16H22N4O. The van der Waals surface area contributed by atoms with Gasteiger partial charge in [0.15, 0.2) is 0 Å². The van der Waals surface area contributed by atoms with Gasteiger partial charge in [0.2, 0.25) is 5.91 Å². The van der Waals surface area contributed by atoms with Gasteiger partial charge in [0.25, 0.3) is 0 Å². The van der Waals surface area contributed by atoms with Gasteiger partial charge >= 0.3 is 0 Å². The number of nitrogens with one attached hydrogen (secondary N) is 1. The highest BCUT2D eigenvalue weighted by Crippen LogP contribution is 2.16. The van der Waals surface area contributed by atoms with Crippen molar-refractivity contribution in [2.45, 2.75) is 46.7 Å². The Morgan fingerprint density at radius 3 is 2.57 bits per heavy atom. The van der Waals surface area contributed by atoms with Gasteiger partial charge in [0.05, 0.1) is 0 Å². The second kappa shape index (κ2) is 7.02. The molecule has 0 saturated heterocycles. The van der Waals surface area contributed by atoms with E-state index in [2.05, 4.69) is 48.3 Å². The highest BCUT2D eigenvalue weighted by atomic mass is 16.1. The summed E-state index contributed by atoms with van der Waals surface area (Å²) in [6.07, 6.45) is 4.44. The summed E-state index contributed by atoms with van der Waals surface area (Å²) in [5, 5.41) is 7.01. The average Bonchev–Trinajstić information content (AvgIpc) is 2.90. The molecule has 0 atom stereocenters. The molecule has 0 saturated carbocycles. The minimum atomic E-state index is 0.0782. The third-order valence-electron chi connectivity index (χ3n) is 3.56. The number of carbonyl (C=O) groups excluding carboxylic acids is 1. The highest BCUT2D eigenvalue weighted by Gasteiger charge is 2.06. The van der Waals surface area contributed by atoms with Crippen LogP contribution in [0, 0.1) is 20.8 Å². The van der Waals surface area contributed by atoms with E-state index in [1.807, 2.05) is 0 Å². The number of benzene rings is 1. The molecule has 1 aromatic heterocycles. The summed E-state index contributed by atoms with van der Waals surface area (Å²) in [5.74, 6) is 0.0782. The second-order valence-corrected chi connectivity index (χ2v) is 5.42. The number of nitrogens with zero attached hydrogens (tertiary/aromatic N) is 3. The summed E-state index contributed by atoms with van der Waals surface area (Å²) in [6, 6.07) is 4.30. The van der Waals surface area contributed by atoms with Crippen molar-refractivity contribution in [2.24, 2.45) is 0 Å². The minimum absolute atomic E-state index is 0.0782. The first-order valence-electron chi connectivity index (χ1n) is 7.22. The van der Waals surface area contributed by atoms with Gasteiger partial charge < -0.3 is 5.32 Å². The molecule has 2 rings (SSSR count). The molecule has 0 unspecified atom stereocenters. The van der Waals surface area contributed by atoms with Crippen LogP contribution >= 0.6 is 0 Å². The van der Waals surface area contributed by atoms with E-state index in [1.54, 1.807) is 11.0 Å². The number of rotatable bonds is 6. The summed E-state index contributed by atoms with van der Waals surface area (Å²) >= 11 is 0. The quantitative estimate of drug-likeness (QED) is 0.886. The van der Waals surface area contributed by atoms with Crippen LogP contribution in [0.3, 0.4) is 0 Å². The molecule has 0 bridgehead atoms. The Balaban J connectivity index is 1.79. The molecule has 0 aliphatic carbocycles. The first-order valence-corrected chi connectivity index (χ1v) is 7.22. The number of aromatic nitrogens is 3. The van der Waals surface area contributed by atoms with Crippen LogP contribution in [0.4, 0.5) is 0 Å². The summed E-state index contributed by atoms with van der Waals surface area (Å²) in [7, 11) is 0. The van der Waals surface area contributed by atoms with Crippen molar-refractivity contribution in [3.63, 3.8) is 0 Å². The molecule has 1 amide bonds. The number of hydrogen-bond donors (Lipinski definition) is 1. The van der Waals surface area contributed by atoms with E-state index in [-0.39, 0.29) is 5.91 Å². The zero-order valence-electron chi connectivity index (χ0n) is 12.9. The predicted octanol–water partition coefficient (Wildman–Crippen LogP) is 2.30. The van der Waals surface area contributed by atoms with Crippen molar-refractivity contribution in [3.05, 3.63) is 47.0 Å². The predicted molar refractivity (Wildman–Crippen MR) is 81.8 cm³/mol. The Labute approximate surface area is 125 Å². The molecule has 1 heterocycles. The fraction of sp³-hybridized carbons (Fsp3) is 0.438. The lowest BCUT2D eigenvalue weighted by molar-refractivity contribution is -0.121. The molecular weight excluding hydrogens is 264 g/mol. The smallest absolute Gasteiger partial charge is 0.220 e. The van der Waals surface area contributed by atoms with Crippen LogP contribution in [-0.4, -0.2) is 20.7 Å². The van der Waals surface area contributed by atoms with Crippen LogP contribution in [0.25, 0.3) is 0 Å². The topological polar surface area (TPSA) is 59.8 Å². The molecule has 5 heteroatoms. The van der Waals surface area contributed by atoms with E-state index < -0.39 is 0 Å². The zero-order valence-corrected chi connectivity index (χ0v) is 12.9. The molecule has 0 aliphatic heterocycles. The molecule has 0 fully saturated rings. The monoisotopic (exact) mass is 286 g/mol. The molecule has 0 aliphatic rings. The van der Waals surface area contributed by atoms with Gasteiger partial charge in [-0.3, -0.25) is 9.48 Å². The van der Waals surface area contributed by atoms with Gasteiger partial charge in [-0.05, 0) is 43.9 Å². The maximum Gasteiger partial charge on any atom is 0.220 e. The Bertz CT molecular complexity index is 582. The lowest BCUT2D eigenvalue weighted by Gasteiger charge is -2.12. The summed E-state index contributed by atoms with van der Waals surface area (Å²) in [6.45, 7) is 7.58. The van der Waals surface area contributed by atoms with E-state index in [4.69, 9.17) is 0 Å². The van der Waals surface area contributed by atoms with Crippen molar-refractivity contribution in [1.29, 1.82) is 0 Å². The van der Waals surface area contributed by atoms with Gasteiger partial charge in [-0.15, -0.1) is 0 Å². The van der Waals surface area contributed by atoms with Crippen molar-refractivity contribution >= 4 is 5.91 Å². The fourth-order valence-corrected chi connectivity index (χ4v) is 2.51. The van der Waals surface area contributed by atoms with Gasteiger partial charge in [-0.25, -0.2) is 4.98 Å². The first-order chi connectivity index (χ1) is 10.1. The molecule has 5 nitrogen and oxygen atoms in total. The summed E-state index contributed by atoms with van der Waals surface area (Å²) < 4.78 is 1.74. The average molecular weight is 286 g/mol. The fourth-order valence-electron chi connectivity index (χ4n) is 2.51. The number of amides is 1. The summed E-state index contributed by atoms with van der Waals surface area (Å²) in [5.41, 5.74) is 4.93. The van der Waals surface area contributed by atoms with Gasteiger partial charge in [-0.1, -0.05) is 17.7 Å². The van der Waals surface area contributed by atoms with E-state index in [9.17, 15) is 4.79 Å². The van der Waals surface area contributed by atoms with Crippen LogP contribution in [0.2, 0.25) is 0 Å². The van der Waals surface area contributed by atoms with E-state index in [0.29, 0.717) is 13.0 Å². The van der Waals surface area contributed by atoms with Crippen LogP contribution in [0.15, 0.2) is 24.8 Å². The standard InChI is InChI=1S/C16H22N4O/c1-12-7-13(2)15(14(3)8-12)9-18-16(21)5-4-6-20-11-17-10-19-20/h7-8,10-11H,4-6,9H2,1-3H3,(H,18,21). The lowest BCUT2D eigenvalue weighted by Crippen LogP contribution is -2.23. The van der Waals surface area contributed by atoms with Crippen LogP contribution < -0.4 is 5.32 Å². The number of hydrogen-bond acceptors (Lipinski definition) is 3. The van der Waals surface area contributed by atoms with Crippen molar-refractivity contribution in [2.75, 3.05) is 0 Å². The van der Waals surface area contributed by atoms with E-state index >= 15 is 0 Å². The van der Waals surface area contributed by atoms with Crippen LogP contribution in [0.1, 0.15) is 35.1 Å². The normalized spacial score (nSPS) is 10.6. The lowest BCUT2D eigenvalue weighted by atomic mass is 10.00. The largest absolute Gasteiger partial charge is 0.352 e. The van der Waals surface area contributed by atoms with Crippen LogP contribution in [0.5, 0.6) is 0 Å². The molecule has 21 heavy (non-hydrogen) atoms.